The second kappa shape index (κ2) is 6.97. The Hall–Kier alpha value is -2.57. The van der Waals surface area contributed by atoms with Gasteiger partial charge in [-0.3, -0.25) is 9.59 Å². The molecule has 134 valence electrons. The van der Waals surface area contributed by atoms with Crippen LogP contribution >= 0.6 is 22.6 Å². The summed E-state index contributed by atoms with van der Waals surface area (Å²) >= 11 is 2.15. The van der Waals surface area contributed by atoms with E-state index in [1.807, 2.05) is 17.0 Å². The summed E-state index contributed by atoms with van der Waals surface area (Å²) in [5.41, 5.74) is 3.90. The van der Waals surface area contributed by atoms with Gasteiger partial charge in [0.15, 0.2) is 5.71 Å². The van der Waals surface area contributed by atoms with E-state index < -0.39 is 5.91 Å². The molecule has 1 saturated heterocycles. The Morgan fingerprint density at radius 2 is 2.15 bits per heavy atom. The summed E-state index contributed by atoms with van der Waals surface area (Å²) in [5.74, 6) is -0.257. The third-order valence-corrected chi connectivity index (χ3v) is 4.78. The van der Waals surface area contributed by atoms with Gasteiger partial charge in [0.2, 0.25) is 0 Å². The summed E-state index contributed by atoms with van der Waals surface area (Å²) in [6, 6.07) is 5.52. The first-order valence-electron chi connectivity index (χ1n) is 8.11. The first-order valence-corrected chi connectivity index (χ1v) is 9.18. The van der Waals surface area contributed by atoms with Crippen LogP contribution in [-0.4, -0.2) is 50.8 Å². The van der Waals surface area contributed by atoms with Crippen molar-refractivity contribution in [3.8, 4) is 0 Å². The van der Waals surface area contributed by atoms with Crippen LogP contribution in [0.4, 0.5) is 11.6 Å². The van der Waals surface area contributed by atoms with Gasteiger partial charge in [-0.15, -0.1) is 5.10 Å². The molecule has 0 radical (unpaired) electrons. The minimum atomic E-state index is -0.435. The molecule has 1 aromatic carbocycles. The van der Waals surface area contributed by atoms with E-state index in [0.717, 1.165) is 29.5 Å². The van der Waals surface area contributed by atoms with Crippen LogP contribution < -0.4 is 15.6 Å². The summed E-state index contributed by atoms with van der Waals surface area (Å²) in [6.07, 6.45) is 2.21. The zero-order valence-electron chi connectivity index (χ0n) is 13.6. The number of rotatable bonds is 4. The number of hydrazone groups is 1. The lowest BCUT2D eigenvalue weighted by Crippen LogP contribution is -2.27. The van der Waals surface area contributed by atoms with Gasteiger partial charge < -0.3 is 10.2 Å². The third kappa shape index (κ3) is 3.38. The quantitative estimate of drug-likeness (QED) is 0.496. The van der Waals surface area contributed by atoms with E-state index in [0.29, 0.717) is 17.2 Å². The molecule has 10 nitrogen and oxygen atoms in total. The van der Waals surface area contributed by atoms with Crippen LogP contribution in [0.2, 0.25) is 0 Å². The highest BCUT2D eigenvalue weighted by molar-refractivity contribution is 14.1. The monoisotopic (exact) mass is 466 g/mol. The van der Waals surface area contributed by atoms with Gasteiger partial charge in [-0.05, 0) is 58.8 Å². The normalized spacial score (nSPS) is 17.5. The highest BCUT2D eigenvalue weighted by Crippen LogP contribution is 2.25. The lowest BCUT2D eigenvalue weighted by molar-refractivity contribution is -0.122. The number of aromatic nitrogens is 4. The first-order chi connectivity index (χ1) is 12.6. The molecular weight excluding hydrogens is 451 g/mol. The van der Waals surface area contributed by atoms with Crippen molar-refractivity contribution >= 4 is 51.8 Å². The van der Waals surface area contributed by atoms with Crippen molar-refractivity contribution in [1.82, 2.24) is 25.6 Å². The molecule has 0 aliphatic carbocycles. The molecule has 0 unspecified atom stereocenters. The first kappa shape index (κ1) is 16.9. The Balaban J connectivity index is 1.42. The summed E-state index contributed by atoms with van der Waals surface area (Å²) in [5, 5.41) is 18.7. The summed E-state index contributed by atoms with van der Waals surface area (Å²) in [7, 11) is 0. The van der Waals surface area contributed by atoms with Gasteiger partial charge in [0.25, 0.3) is 17.8 Å². The number of anilines is 2. The Labute approximate surface area is 162 Å². The van der Waals surface area contributed by atoms with Crippen molar-refractivity contribution in [2.24, 2.45) is 5.10 Å². The minimum Gasteiger partial charge on any atom is -0.338 e. The molecule has 1 fully saturated rings. The van der Waals surface area contributed by atoms with Gasteiger partial charge in [0.1, 0.15) is 6.54 Å². The van der Waals surface area contributed by atoms with Crippen LogP contribution in [0.5, 0.6) is 0 Å². The number of amides is 2. The highest BCUT2D eigenvalue weighted by Gasteiger charge is 2.26. The van der Waals surface area contributed by atoms with Crippen molar-refractivity contribution in [3.63, 3.8) is 0 Å². The largest absolute Gasteiger partial charge is 0.338 e. The molecule has 1 aromatic heterocycles. The van der Waals surface area contributed by atoms with Gasteiger partial charge in [0.05, 0.1) is 5.69 Å². The van der Waals surface area contributed by atoms with Gasteiger partial charge in [-0.1, -0.05) is 5.10 Å². The van der Waals surface area contributed by atoms with Crippen molar-refractivity contribution in [2.75, 3.05) is 23.3 Å². The number of nitrogens with one attached hydrogen (secondary N) is 2. The van der Waals surface area contributed by atoms with Gasteiger partial charge in [-0.25, -0.2) is 5.43 Å². The molecule has 0 spiro atoms. The molecule has 2 N–H and O–H groups in total. The van der Waals surface area contributed by atoms with Crippen LogP contribution in [0, 0.1) is 3.57 Å². The van der Waals surface area contributed by atoms with E-state index in [1.54, 1.807) is 6.07 Å². The molecular formula is C15H15IN8O2. The molecule has 26 heavy (non-hydrogen) atoms. The zero-order chi connectivity index (χ0) is 18.1. The van der Waals surface area contributed by atoms with E-state index in [1.165, 1.54) is 4.80 Å². The van der Waals surface area contributed by atoms with Crippen molar-refractivity contribution in [1.29, 1.82) is 0 Å². The Kier molecular flexibility index (Phi) is 4.53. The molecule has 0 atom stereocenters. The molecule has 4 rings (SSSR count). The van der Waals surface area contributed by atoms with E-state index >= 15 is 0 Å². The Morgan fingerprint density at radius 3 is 2.96 bits per heavy atom. The predicted octanol–water partition coefficient (Wildman–Crippen LogP) is 0.350. The number of benzene rings is 1. The van der Waals surface area contributed by atoms with Crippen LogP contribution in [-0.2, 0) is 16.1 Å². The lowest BCUT2D eigenvalue weighted by Gasteiger charge is -2.09. The van der Waals surface area contributed by atoms with Crippen molar-refractivity contribution in [3.05, 3.63) is 27.3 Å². The summed E-state index contributed by atoms with van der Waals surface area (Å²) in [6.45, 7) is 1.68. The van der Waals surface area contributed by atoms with Gasteiger partial charge in [-0.2, -0.15) is 9.90 Å². The number of fused-ring (bicyclic) bond motifs is 1. The maximum Gasteiger partial charge on any atom is 0.276 e. The molecule has 0 bridgehead atoms. The average molecular weight is 466 g/mol. The maximum absolute atomic E-state index is 12.1. The van der Waals surface area contributed by atoms with Gasteiger partial charge >= 0.3 is 0 Å². The number of hydrogen-bond acceptors (Lipinski definition) is 7. The Bertz CT molecular complexity index is 903. The zero-order valence-corrected chi connectivity index (χ0v) is 15.8. The summed E-state index contributed by atoms with van der Waals surface area (Å²) < 4.78 is 0.970. The van der Waals surface area contributed by atoms with Crippen molar-refractivity contribution < 1.29 is 9.59 Å². The Morgan fingerprint density at radius 1 is 1.35 bits per heavy atom. The summed E-state index contributed by atoms with van der Waals surface area (Å²) in [4.78, 5) is 27.4. The van der Waals surface area contributed by atoms with Gasteiger partial charge in [0, 0.05) is 22.2 Å². The molecule has 3 heterocycles. The smallest absolute Gasteiger partial charge is 0.276 e. The van der Waals surface area contributed by atoms with Crippen LogP contribution in [0.3, 0.4) is 0 Å². The molecule has 2 aliphatic heterocycles. The second-order valence-electron chi connectivity index (χ2n) is 5.95. The highest BCUT2D eigenvalue weighted by atomic mass is 127. The number of carbonyl (C=O) groups is 2. The fourth-order valence-electron chi connectivity index (χ4n) is 2.86. The third-order valence-electron chi connectivity index (χ3n) is 4.11. The maximum atomic E-state index is 12.1. The second-order valence-corrected chi connectivity index (χ2v) is 7.20. The molecule has 2 amide bonds. The van der Waals surface area contributed by atoms with Crippen LogP contribution in [0.15, 0.2) is 23.3 Å². The number of nitrogens with zero attached hydrogens (tertiary/aromatic N) is 6. The van der Waals surface area contributed by atoms with E-state index in [4.69, 9.17) is 0 Å². The van der Waals surface area contributed by atoms with E-state index in [2.05, 4.69) is 53.8 Å². The predicted molar refractivity (Wildman–Crippen MR) is 102 cm³/mol. The molecule has 0 saturated carbocycles. The number of tetrazole rings is 1. The topological polar surface area (TPSA) is 117 Å². The minimum absolute atomic E-state index is 0.127. The molecule has 2 aliphatic rings. The average Bonchev–Trinajstić information content (AvgIpc) is 3.33. The number of hydrogen-bond donors (Lipinski definition) is 2. The standard InChI is InChI=1S/C15H15IN8O2/c16-9-3-4-11-10(7-9)13(14(26)17-11)19-18-12(25)8-24-21-15(20-22-24)23-5-1-2-6-23/h3-4,7H,1-2,5-6,8H2,(H,18,25)(H,17,19,26). The van der Waals surface area contributed by atoms with Crippen LogP contribution in [0.25, 0.3) is 0 Å². The molecule has 11 heteroatoms. The molecule has 2 aromatic rings. The van der Waals surface area contributed by atoms with E-state index in [9.17, 15) is 9.59 Å². The fraction of sp³-hybridized carbons (Fsp3) is 0.333. The SMILES string of the molecule is O=C(Cn1nnc(N2CCCC2)n1)N/N=C1/C(=O)Nc2ccc(I)cc21. The fourth-order valence-corrected chi connectivity index (χ4v) is 3.35. The van der Waals surface area contributed by atoms with Crippen molar-refractivity contribution in [2.45, 2.75) is 19.4 Å². The number of halogens is 1. The van der Waals surface area contributed by atoms with E-state index in [-0.39, 0.29) is 18.2 Å². The number of carbonyl (C=O) groups excluding carboxylic acids is 2. The van der Waals surface area contributed by atoms with Crippen LogP contribution in [0.1, 0.15) is 18.4 Å². The lowest BCUT2D eigenvalue weighted by atomic mass is 10.1.